The number of amides is 1. The maximum atomic E-state index is 11.7. The van der Waals surface area contributed by atoms with Crippen molar-refractivity contribution >= 4 is 11.9 Å². The van der Waals surface area contributed by atoms with E-state index in [-0.39, 0.29) is 24.1 Å². The molecule has 0 aromatic carbocycles. The summed E-state index contributed by atoms with van der Waals surface area (Å²) < 4.78 is 1.18. The highest BCUT2D eigenvalue weighted by Gasteiger charge is 2.10. The maximum Gasteiger partial charge on any atom is 0.335 e. The zero-order valence-electron chi connectivity index (χ0n) is 11.0. The van der Waals surface area contributed by atoms with Gasteiger partial charge in [0.05, 0.1) is 5.56 Å². The highest BCUT2D eigenvalue weighted by atomic mass is 16.4. The number of nitrogens with zero attached hydrogens (tertiary/aromatic N) is 1. The summed E-state index contributed by atoms with van der Waals surface area (Å²) in [5.74, 6) is -1.41. The summed E-state index contributed by atoms with van der Waals surface area (Å²) in [4.78, 5) is 34.0. The molecule has 0 spiro atoms. The van der Waals surface area contributed by atoms with E-state index >= 15 is 0 Å². The summed E-state index contributed by atoms with van der Waals surface area (Å²) in [6, 6.07) is 2.41. The van der Waals surface area contributed by atoms with Crippen LogP contribution in [0.4, 0.5) is 0 Å². The predicted molar refractivity (Wildman–Crippen MR) is 70.2 cm³/mol. The van der Waals surface area contributed by atoms with Gasteiger partial charge in [-0.25, -0.2) is 4.79 Å². The van der Waals surface area contributed by atoms with Crippen molar-refractivity contribution in [1.29, 1.82) is 0 Å². The molecule has 6 nitrogen and oxygen atoms in total. The summed E-state index contributed by atoms with van der Waals surface area (Å²) >= 11 is 0. The van der Waals surface area contributed by atoms with E-state index in [1.165, 1.54) is 16.8 Å². The molecular formula is C13H18N2O4. The van der Waals surface area contributed by atoms with Crippen LogP contribution in [0.1, 0.15) is 37.0 Å². The lowest BCUT2D eigenvalue weighted by Gasteiger charge is -2.15. The Morgan fingerprint density at radius 1 is 1.37 bits per heavy atom. The number of pyridine rings is 1. The van der Waals surface area contributed by atoms with Crippen LogP contribution in [0.25, 0.3) is 0 Å². The van der Waals surface area contributed by atoms with Crippen molar-refractivity contribution in [3.05, 3.63) is 34.2 Å². The van der Waals surface area contributed by atoms with E-state index in [4.69, 9.17) is 5.11 Å². The minimum atomic E-state index is -1.16. The van der Waals surface area contributed by atoms with Gasteiger partial charge in [0.1, 0.15) is 6.54 Å². The Bertz CT molecular complexity index is 518. The Hall–Kier alpha value is -2.11. The molecule has 104 valence electrons. The van der Waals surface area contributed by atoms with E-state index in [9.17, 15) is 14.4 Å². The van der Waals surface area contributed by atoms with Gasteiger partial charge < -0.3 is 15.0 Å². The van der Waals surface area contributed by atoms with Crippen molar-refractivity contribution in [3.63, 3.8) is 0 Å². The number of hydrogen-bond acceptors (Lipinski definition) is 3. The molecule has 0 aliphatic rings. The summed E-state index contributed by atoms with van der Waals surface area (Å²) in [5.41, 5.74) is -0.582. The van der Waals surface area contributed by atoms with Gasteiger partial charge in [0.2, 0.25) is 5.91 Å². The Morgan fingerprint density at radius 3 is 2.47 bits per heavy atom. The van der Waals surface area contributed by atoms with Crippen LogP contribution in [0.3, 0.4) is 0 Å². The molecule has 0 aliphatic heterocycles. The second kappa shape index (κ2) is 6.72. The van der Waals surface area contributed by atoms with Gasteiger partial charge in [0.15, 0.2) is 0 Å². The number of carboxylic acids is 1. The molecule has 0 unspecified atom stereocenters. The van der Waals surface area contributed by atoms with E-state index < -0.39 is 11.5 Å². The topological polar surface area (TPSA) is 88.4 Å². The molecule has 0 atom stereocenters. The van der Waals surface area contributed by atoms with Crippen LogP contribution in [-0.2, 0) is 11.3 Å². The van der Waals surface area contributed by atoms with Crippen molar-refractivity contribution in [3.8, 4) is 0 Å². The van der Waals surface area contributed by atoms with E-state index in [1.807, 2.05) is 13.8 Å². The van der Waals surface area contributed by atoms with Gasteiger partial charge in [-0.05, 0) is 18.9 Å². The van der Waals surface area contributed by atoms with Crippen molar-refractivity contribution < 1.29 is 14.7 Å². The van der Waals surface area contributed by atoms with Crippen LogP contribution in [0, 0.1) is 0 Å². The van der Waals surface area contributed by atoms with Crippen LogP contribution < -0.4 is 10.9 Å². The standard InChI is InChI=1S/C13H18N2O4/c1-3-10(4-2)14-11(16)8-15-6-5-9(13(18)19)7-12(15)17/h5-7,10H,3-4,8H2,1-2H3,(H,14,16)(H,18,19). The second-order valence-corrected chi connectivity index (χ2v) is 4.27. The van der Waals surface area contributed by atoms with Gasteiger partial charge in [-0.3, -0.25) is 9.59 Å². The fraction of sp³-hybridized carbons (Fsp3) is 0.462. The molecule has 1 aromatic heterocycles. The summed E-state index contributed by atoms with van der Waals surface area (Å²) in [6.45, 7) is 3.85. The minimum Gasteiger partial charge on any atom is -0.478 e. The summed E-state index contributed by atoms with van der Waals surface area (Å²) in [6.07, 6.45) is 2.97. The third kappa shape index (κ3) is 4.24. The van der Waals surface area contributed by atoms with Crippen LogP contribution in [0.2, 0.25) is 0 Å². The zero-order chi connectivity index (χ0) is 14.4. The van der Waals surface area contributed by atoms with Gasteiger partial charge in [0.25, 0.3) is 5.56 Å². The van der Waals surface area contributed by atoms with Crippen LogP contribution in [0.15, 0.2) is 23.1 Å². The van der Waals surface area contributed by atoms with Gasteiger partial charge in [-0.1, -0.05) is 13.8 Å². The molecule has 0 radical (unpaired) electrons. The van der Waals surface area contributed by atoms with E-state index in [1.54, 1.807) is 0 Å². The van der Waals surface area contributed by atoms with Crippen LogP contribution >= 0.6 is 0 Å². The first-order chi connectivity index (χ1) is 8.97. The minimum absolute atomic E-state index is 0.0818. The smallest absolute Gasteiger partial charge is 0.335 e. The van der Waals surface area contributed by atoms with Crippen molar-refractivity contribution in [2.75, 3.05) is 0 Å². The number of carbonyl (C=O) groups is 2. The molecule has 19 heavy (non-hydrogen) atoms. The summed E-state index contributed by atoms with van der Waals surface area (Å²) in [5, 5.41) is 11.6. The molecule has 1 rings (SSSR count). The largest absolute Gasteiger partial charge is 0.478 e. The SMILES string of the molecule is CCC(CC)NC(=O)Cn1ccc(C(=O)O)cc1=O. The molecule has 0 saturated carbocycles. The normalized spacial score (nSPS) is 10.5. The molecule has 1 heterocycles. The number of aromatic carboxylic acids is 1. The Morgan fingerprint density at radius 2 is 2.00 bits per heavy atom. The third-order valence-corrected chi connectivity index (χ3v) is 2.91. The average Bonchev–Trinajstić information content (AvgIpc) is 2.38. The average molecular weight is 266 g/mol. The van der Waals surface area contributed by atoms with Crippen molar-refractivity contribution in [2.24, 2.45) is 0 Å². The molecule has 1 amide bonds. The first-order valence-corrected chi connectivity index (χ1v) is 6.21. The number of rotatable bonds is 6. The van der Waals surface area contributed by atoms with Gasteiger partial charge >= 0.3 is 5.97 Å². The lowest BCUT2D eigenvalue weighted by molar-refractivity contribution is -0.122. The van der Waals surface area contributed by atoms with Crippen LogP contribution in [-0.4, -0.2) is 27.6 Å². The molecule has 0 aliphatic carbocycles. The Labute approximate surface area is 111 Å². The van der Waals surface area contributed by atoms with E-state index in [0.29, 0.717) is 0 Å². The molecule has 0 bridgehead atoms. The Kier molecular flexibility index (Phi) is 5.29. The highest BCUT2D eigenvalue weighted by molar-refractivity contribution is 5.87. The summed E-state index contributed by atoms with van der Waals surface area (Å²) in [7, 11) is 0. The fourth-order valence-electron chi connectivity index (χ4n) is 1.69. The van der Waals surface area contributed by atoms with Crippen molar-refractivity contribution in [2.45, 2.75) is 39.3 Å². The number of nitrogens with one attached hydrogen (secondary N) is 1. The van der Waals surface area contributed by atoms with Crippen LogP contribution in [0.5, 0.6) is 0 Å². The quantitative estimate of drug-likeness (QED) is 0.799. The highest BCUT2D eigenvalue weighted by Crippen LogP contribution is 1.97. The lowest BCUT2D eigenvalue weighted by atomic mass is 10.2. The third-order valence-electron chi connectivity index (χ3n) is 2.91. The Balaban J connectivity index is 2.75. The number of hydrogen-bond donors (Lipinski definition) is 2. The molecule has 6 heteroatoms. The molecule has 1 aromatic rings. The fourth-order valence-corrected chi connectivity index (χ4v) is 1.69. The maximum absolute atomic E-state index is 11.7. The monoisotopic (exact) mass is 266 g/mol. The van der Waals surface area contributed by atoms with E-state index in [0.717, 1.165) is 18.9 Å². The van der Waals surface area contributed by atoms with Gasteiger partial charge in [-0.2, -0.15) is 0 Å². The van der Waals surface area contributed by atoms with Gasteiger partial charge in [0, 0.05) is 18.3 Å². The molecule has 0 saturated heterocycles. The first kappa shape index (κ1) is 14.9. The second-order valence-electron chi connectivity index (χ2n) is 4.27. The van der Waals surface area contributed by atoms with Crippen molar-refractivity contribution in [1.82, 2.24) is 9.88 Å². The predicted octanol–water partition coefficient (Wildman–Crippen LogP) is 0.851. The number of carboxylic acid groups (broad SMARTS) is 1. The molecular weight excluding hydrogens is 248 g/mol. The lowest BCUT2D eigenvalue weighted by Crippen LogP contribution is -2.38. The van der Waals surface area contributed by atoms with E-state index in [2.05, 4.69) is 5.32 Å². The number of aromatic nitrogens is 1. The molecule has 0 fully saturated rings. The number of carbonyl (C=O) groups excluding carboxylic acids is 1. The zero-order valence-corrected chi connectivity index (χ0v) is 11.0. The first-order valence-electron chi connectivity index (χ1n) is 6.21. The molecule has 2 N–H and O–H groups in total. The van der Waals surface area contributed by atoms with Gasteiger partial charge in [-0.15, -0.1) is 0 Å².